The van der Waals surface area contributed by atoms with E-state index in [0.29, 0.717) is 18.8 Å². The van der Waals surface area contributed by atoms with Gasteiger partial charge >= 0.3 is 5.97 Å². The molecule has 8 nitrogen and oxygen atoms in total. The van der Waals surface area contributed by atoms with Gasteiger partial charge in [0.05, 0.1) is 42.3 Å². The van der Waals surface area contributed by atoms with Crippen LogP contribution in [-0.4, -0.2) is 45.3 Å². The molecule has 2 aromatic carbocycles. The van der Waals surface area contributed by atoms with Crippen LogP contribution in [0.25, 0.3) is 23.0 Å². The molecule has 1 saturated heterocycles. The smallest absolute Gasteiger partial charge is 0.308 e. The molecule has 0 aliphatic carbocycles. The predicted molar refractivity (Wildman–Crippen MR) is 174 cm³/mol. The van der Waals surface area contributed by atoms with Gasteiger partial charge in [0.25, 0.3) is 0 Å². The first-order valence-electron chi connectivity index (χ1n) is 15.5. The third-order valence-electron chi connectivity index (χ3n) is 7.74. The van der Waals surface area contributed by atoms with Gasteiger partial charge in [0.1, 0.15) is 11.6 Å². The van der Waals surface area contributed by atoms with E-state index in [4.69, 9.17) is 19.3 Å². The van der Waals surface area contributed by atoms with E-state index in [1.165, 1.54) is 12.1 Å². The SMILES string of the molecule is CCOC(=O)C[C@H]1C[C@@H](C=Cc2c(C(C)CC)nn(-c3ccnc(Nc4ccccc4)c3)c2-c2ccc(F)cc2)OC(C)(C)O1. The first-order chi connectivity index (χ1) is 21.7. The minimum Gasteiger partial charge on any atom is -0.466 e. The molecule has 2 aromatic heterocycles. The lowest BCUT2D eigenvalue weighted by molar-refractivity contribution is -0.290. The number of carbonyl (C=O) groups excluding carboxylic acids is 1. The summed E-state index contributed by atoms with van der Waals surface area (Å²) in [5, 5.41) is 8.51. The van der Waals surface area contributed by atoms with Crippen molar-refractivity contribution < 1.29 is 23.4 Å². The van der Waals surface area contributed by atoms with Crippen LogP contribution in [0.15, 0.2) is 79.0 Å². The largest absolute Gasteiger partial charge is 0.466 e. The van der Waals surface area contributed by atoms with Gasteiger partial charge in [-0.05, 0) is 69.7 Å². The van der Waals surface area contributed by atoms with Crippen molar-refractivity contribution in [3.63, 3.8) is 0 Å². The second-order valence-corrected chi connectivity index (χ2v) is 11.7. The Balaban J connectivity index is 1.57. The molecule has 3 atom stereocenters. The van der Waals surface area contributed by atoms with Crippen LogP contribution in [0.5, 0.6) is 0 Å². The molecule has 1 N–H and O–H groups in total. The summed E-state index contributed by atoms with van der Waals surface area (Å²) in [4.78, 5) is 16.8. The molecule has 0 radical (unpaired) electrons. The van der Waals surface area contributed by atoms with Gasteiger partial charge in [-0.25, -0.2) is 14.1 Å². The third-order valence-corrected chi connectivity index (χ3v) is 7.74. The first kappa shape index (κ1) is 32.1. The van der Waals surface area contributed by atoms with Gasteiger partial charge in [-0.3, -0.25) is 4.79 Å². The van der Waals surface area contributed by atoms with E-state index >= 15 is 0 Å². The molecule has 1 aliphatic rings. The highest BCUT2D eigenvalue weighted by Crippen LogP contribution is 2.36. The molecule has 45 heavy (non-hydrogen) atoms. The van der Waals surface area contributed by atoms with Crippen molar-refractivity contribution in [2.75, 3.05) is 11.9 Å². The summed E-state index contributed by atoms with van der Waals surface area (Å²) in [6.07, 6.45) is 6.67. The number of anilines is 2. The molecule has 1 fully saturated rings. The van der Waals surface area contributed by atoms with Gasteiger partial charge in [0.15, 0.2) is 5.79 Å². The quantitative estimate of drug-likeness (QED) is 0.171. The summed E-state index contributed by atoms with van der Waals surface area (Å²) < 4.78 is 33.5. The highest BCUT2D eigenvalue weighted by atomic mass is 19.1. The number of nitrogens with zero attached hydrogens (tertiary/aromatic N) is 3. The number of benzene rings is 2. The maximum Gasteiger partial charge on any atom is 0.308 e. The molecule has 0 amide bonds. The van der Waals surface area contributed by atoms with Crippen LogP contribution in [-0.2, 0) is 19.0 Å². The minimum absolute atomic E-state index is 0.137. The number of para-hydroxylation sites is 1. The Hall–Kier alpha value is -4.34. The Bertz CT molecular complexity index is 1620. The molecule has 4 aromatic rings. The number of halogens is 1. The average molecular weight is 613 g/mol. The Morgan fingerprint density at radius 2 is 1.89 bits per heavy atom. The predicted octanol–water partition coefficient (Wildman–Crippen LogP) is 8.21. The second kappa shape index (κ2) is 14.2. The van der Waals surface area contributed by atoms with Crippen molar-refractivity contribution in [2.24, 2.45) is 0 Å². The number of pyridine rings is 1. The number of carbonyl (C=O) groups is 1. The summed E-state index contributed by atoms with van der Waals surface area (Å²) >= 11 is 0. The summed E-state index contributed by atoms with van der Waals surface area (Å²) in [5.41, 5.74) is 5.21. The normalized spacial score (nSPS) is 18.5. The molecule has 9 heteroatoms. The molecule has 5 rings (SSSR count). The first-order valence-corrected chi connectivity index (χ1v) is 15.5. The van der Waals surface area contributed by atoms with E-state index in [9.17, 15) is 9.18 Å². The second-order valence-electron chi connectivity index (χ2n) is 11.7. The van der Waals surface area contributed by atoms with Crippen LogP contribution < -0.4 is 5.32 Å². The number of hydrogen-bond acceptors (Lipinski definition) is 7. The van der Waals surface area contributed by atoms with E-state index in [1.54, 1.807) is 25.3 Å². The number of esters is 1. The Morgan fingerprint density at radius 3 is 2.60 bits per heavy atom. The van der Waals surface area contributed by atoms with Gasteiger partial charge in [0.2, 0.25) is 0 Å². The van der Waals surface area contributed by atoms with Gasteiger partial charge < -0.3 is 19.5 Å². The maximum atomic E-state index is 14.1. The van der Waals surface area contributed by atoms with Crippen LogP contribution in [0.1, 0.15) is 71.1 Å². The zero-order chi connectivity index (χ0) is 32.0. The fraction of sp³-hybridized carbons (Fsp3) is 0.361. The zero-order valence-corrected chi connectivity index (χ0v) is 26.5. The fourth-order valence-corrected chi connectivity index (χ4v) is 5.53. The topological polar surface area (TPSA) is 87.5 Å². The molecule has 236 valence electrons. The van der Waals surface area contributed by atoms with Crippen LogP contribution in [0.4, 0.5) is 15.9 Å². The van der Waals surface area contributed by atoms with Crippen LogP contribution >= 0.6 is 0 Å². The van der Waals surface area contributed by atoms with Gasteiger partial charge in [0, 0.05) is 41.4 Å². The standard InChI is InChI=1S/C36H41FN4O4/c1-6-24(3)34-31(18-17-29-22-30(23-33(42)43-7-2)45-36(4,5)44-29)35(25-13-15-26(37)16-14-25)41(40-34)28-19-20-38-32(21-28)39-27-11-9-8-10-12-27/h8-21,24,29-30H,6-7,22-23H2,1-5H3,(H,38,39)/t24?,29-,30-/m1/s1. The fourth-order valence-electron chi connectivity index (χ4n) is 5.53. The average Bonchev–Trinajstić information content (AvgIpc) is 3.39. The lowest BCUT2D eigenvalue weighted by Crippen LogP contribution is -2.44. The van der Waals surface area contributed by atoms with E-state index in [0.717, 1.165) is 40.3 Å². The summed E-state index contributed by atoms with van der Waals surface area (Å²) in [7, 11) is 0. The molecule has 3 heterocycles. The van der Waals surface area contributed by atoms with Crippen molar-refractivity contribution in [1.29, 1.82) is 0 Å². The molecule has 0 bridgehead atoms. The van der Waals surface area contributed by atoms with Crippen LogP contribution in [0.3, 0.4) is 0 Å². The highest BCUT2D eigenvalue weighted by Gasteiger charge is 2.36. The number of aromatic nitrogens is 3. The zero-order valence-electron chi connectivity index (χ0n) is 26.5. The van der Waals surface area contributed by atoms with Gasteiger partial charge in [-0.15, -0.1) is 0 Å². The maximum absolute atomic E-state index is 14.1. The third kappa shape index (κ3) is 8.04. The highest BCUT2D eigenvalue weighted by molar-refractivity contribution is 5.76. The van der Waals surface area contributed by atoms with Crippen molar-refractivity contribution in [3.05, 3.63) is 96.1 Å². The summed E-state index contributed by atoms with van der Waals surface area (Å²) in [6.45, 7) is 10.1. The van der Waals surface area contributed by atoms with Crippen molar-refractivity contribution in [2.45, 2.75) is 77.8 Å². The lowest BCUT2D eigenvalue weighted by Gasteiger charge is -2.39. The number of rotatable bonds is 11. The number of ether oxygens (including phenoxy) is 3. The Morgan fingerprint density at radius 1 is 1.13 bits per heavy atom. The molecular formula is C36H41FN4O4. The Labute approximate surface area is 264 Å². The minimum atomic E-state index is -0.882. The lowest BCUT2D eigenvalue weighted by atomic mass is 9.96. The number of nitrogens with one attached hydrogen (secondary N) is 1. The monoisotopic (exact) mass is 612 g/mol. The van der Waals surface area contributed by atoms with E-state index in [1.807, 2.05) is 73.1 Å². The van der Waals surface area contributed by atoms with Crippen LogP contribution in [0.2, 0.25) is 0 Å². The molecule has 0 saturated carbocycles. The van der Waals surface area contributed by atoms with Crippen LogP contribution in [0, 0.1) is 5.82 Å². The van der Waals surface area contributed by atoms with Crippen molar-refractivity contribution in [1.82, 2.24) is 14.8 Å². The molecule has 1 aliphatic heterocycles. The van der Waals surface area contributed by atoms with Gasteiger partial charge in [-0.1, -0.05) is 44.2 Å². The van der Waals surface area contributed by atoms with Gasteiger partial charge in [-0.2, -0.15) is 5.10 Å². The summed E-state index contributed by atoms with van der Waals surface area (Å²) in [6, 6.07) is 20.2. The van der Waals surface area contributed by atoms with E-state index in [2.05, 4.69) is 24.1 Å². The number of hydrogen-bond donors (Lipinski definition) is 1. The van der Waals surface area contributed by atoms with E-state index in [-0.39, 0.29) is 36.3 Å². The van der Waals surface area contributed by atoms with E-state index < -0.39 is 5.79 Å². The summed E-state index contributed by atoms with van der Waals surface area (Å²) in [5.74, 6) is -0.676. The Kier molecular flexibility index (Phi) is 10.1. The molecular weight excluding hydrogens is 571 g/mol. The molecule has 1 unspecified atom stereocenters. The van der Waals surface area contributed by atoms with Crippen molar-refractivity contribution >= 4 is 23.6 Å². The van der Waals surface area contributed by atoms with Crippen molar-refractivity contribution in [3.8, 4) is 16.9 Å². The molecule has 0 spiro atoms.